The third-order valence-corrected chi connectivity index (χ3v) is 3.13. The zero-order valence-corrected chi connectivity index (χ0v) is 9.91. The summed E-state index contributed by atoms with van der Waals surface area (Å²) < 4.78 is 4.87. The van der Waals surface area contributed by atoms with Crippen LogP contribution in [0.15, 0.2) is 16.5 Å². The van der Waals surface area contributed by atoms with Crippen LogP contribution in [-0.4, -0.2) is 40.0 Å². The van der Waals surface area contributed by atoms with Crippen LogP contribution in [0.5, 0.6) is 0 Å². The van der Waals surface area contributed by atoms with Gasteiger partial charge in [-0.05, 0) is 18.4 Å². The van der Waals surface area contributed by atoms with Gasteiger partial charge in [0, 0.05) is 13.1 Å². The first-order valence-corrected chi connectivity index (χ1v) is 5.70. The molecule has 1 saturated heterocycles. The van der Waals surface area contributed by atoms with Crippen molar-refractivity contribution in [3.05, 3.63) is 28.0 Å². The normalized spacial score (nSPS) is 24.0. The van der Waals surface area contributed by atoms with Crippen LogP contribution in [-0.2, 0) is 0 Å². The van der Waals surface area contributed by atoms with Crippen LogP contribution in [0, 0.1) is 16.0 Å². The molecule has 0 bridgehead atoms. The Balaban J connectivity index is 2.09. The highest BCUT2D eigenvalue weighted by atomic mass is 16.6. The number of hydrogen-bond acceptors (Lipinski definition) is 5. The summed E-state index contributed by atoms with van der Waals surface area (Å²) in [5.41, 5.74) is 0. The predicted molar refractivity (Wildman–Crippen MR) is 61.1 cm³/mol. The lowest BCUT2D eigenvalue weighted by molar-refractivity contribution is -0.402. The van der Waals surface area contributed by atoms with E-state index < -0.39 is 16.9 Å². The number of aliphatic hydroxyl groups excluding tert-OH is 1. The monoisotopic (exact) mass is 254 g/mol. The van der Waals surface area contributed by atoms with Crippen LogP contribution in [0.1, 0.15) is 23.9 Å². The third kappa shape index (κ3) is 2.35. The van der Waals surface area contributed by atoms with E-state index in [2.05, 4.69) is 0 Å². The molecule has 1 amide bonds. The Kier molecular flexibility index (Phi) is 3.33. The number of likely N-dealkylation sites (tertiary alicyclic amines) is 1. The third-order valence-electron chi connectivity index (χ3n) is 3.13. The van der Waals surface area contributed by atoms with Gasteiger partial charge in [-0.1, -0.05) is 6.92 Å². The topological polar surface area (TPSA) is 96.8 Å². The number of nitro groups is 1. The zero-order chi connectivity index (χ0) is 13.3. The minimum absolute atomic E-state index is 0.00681. The number of piperidine rings is 1. The number of rotatable bonds is 2. The zero-order valence-electron chi connectivity index (χ0n) is 9.91. The van der Waals surface area contributed by atoms with E-state index in [1.54, 1.807) is 4.90 Å². The number of furan rings is 1. The summed E-state index contributed by atoms with van der Waals surface area (Å²) in [6.45, 7) is 2.71. The number of nitrogens with zero attached hydrogens (tertiary/aromatic N) is 2. The minimum Gasteiger partial charge on any atom is -0.395 e. The summed E-state index contributed by atoms with van der Waals surface area (Å²) in [7, 11) is 0. The van der Waals surface area contributed by atoms with E-state index in [1.807, 2.05) is 6.92 Å². The Morgan fingerprint density at radius 2 is 2.33 bits per heavy atom. The Labute approximate surface area is 103 Å². The average molecular weight is 254 g/mol. The van der Waals surface area contributed by atoms with Gasteiger partial charge >= 0.3 is 5.88 Å². The van der Waals surface area contributed by atoms with Gasteiger partial charge < -0.3 is 14.4 Å². The molecule has 0 aromatic carbocycles. The fourth-order valence-electron chi connectivity index (χ4n) is 2.01. The molecule has 0 radical (unpaired) electrons. The second-order valence-corrected chi connectivity index (χ2v) is 4.48. The van der Waals surface area contributed by atoms with E-state index >= 15 is 0 Å². The van der Waals surface area contributed by atoms with Crippen molar-refractivity contribution in [1.29, 1.82) is 0 Å². The van der Waals surface area contributed by atoms with Gasteiger partial charge in [0.2, 0.25) is 0 Å². The fourth-order valence-corrected chi connectivity index (χ4v) is 2.01. The maximum Gasteiger partial charge on any atom is 0.433 e. The molecule has 1 fully saturated rings. The molecule has 1 N–H and O–H groups in total. The van der Waals surface area contributed by atoms with Crippen molar-refractivity contribution in [3.63, 3.8) is 0 Å². The average Bonchev–Trinajstić information content (AvgIpc) is 2.81. The molecular formula is C11H14N2O5. The van der Waals surface area contributed by atoms with Crippen molar-refractivity contribution in [2.75, 3.05) is 13.1 Å². The van der Waals surface area contributed by atoms with Gasteiger partial charge in [-0.3, -0.25) is 14.9 Å². The van der Waals surface area contributed by atoms with Gasteiger partial charge in [-0.25, -0.2) is 0 Å². The molecule has 0 saturated carbocycles. The van der Waals surface area contributed by atoms with E-state index in [-0.39, 0.29) is 17.6 Å². The molecule has 98 valence electrons. The number of carbonyl (C=O) groups is 1. The van der Waals surface area contributed by atoms with Crippen LogP contribution in [0.4, 0.5) is 5.88 Å². The first-order valence-electron chi connectivity index (χ1n) is 5.70. The summed E-state index contributed by atoms with van der Waals surface area (Å²) >= 11 is 0. The van der Waals surface area contributed by atoms with E-state index in [0.29, 0.717) is 19.5 Å². The summed E-state index contributed by atoms with van der Waals surface area (Å²) in [4.78, 5) is 23.3. The largest absolute Gasteiger partial charge is 0.433 e. The summed E-state index contributed by atoms with van der Waals surface area (Å²) in [5.74, 6) is -0.858. The van der Waals surface area contributed by atoms with Gasteiger partial charge in [-0.15, -0.1) is 0 Å². The second-order valence-electron chi connectivity index (χ2n) is 4.48. The van der Waals surface area contributed by atoms with Crippen LogP contribution in [0.25, 0.3) is 0 Å². The molecule has 7 nitrogen and oxygen atoms in total. The summed E-state index contributed by atoms with van der Waals surface area (Å²) in [5, 5.41) is 20.0. The highest BCUT2D eigenvalue weighted by molar-refractivity contribution is 5.91. The first-order chi connectivity index (χ1) is 8.49. The Bertz CT molecular complexity index is 470. The standard InChI is InChI=1S/C11H14N2O5/c1-7-6-12(5-4-8(7)14)11(15)9-2-3-10(18-9)13(16)17/h2-3,7-8,14H,4-6H2,1H3. The molecule has 1 aliphatic heterocycles. The van der Waals surface area contributed by atoms with Crippen molar-refractivity contribution >= 4 is 11.8 Å². The molecule has 2 heterocycles. The molecule has 7 heteroatoms. The maximum atomic E-state index is 12.0. The highest BCUT2D eigenvalue weighted by Crippen LogP contribution is 2.21. The van der Waals surface area contributed by atoms with Gasteiger partial charge in [0.05, 0.1) is 12.2 Å². The molecule has 1 aliphatic rings. The van der Waals surface area contributed by atoms with Crippen LogP contribution in [0.2, 0.25) is 0 Å². The van der Waals surface area contributed by atoms with Crippen molar-refractivity contribution in [1.82, 2.24) is 4.90 Å². The Morgan fingerprint density at radius 3 is 2.89 bits per heavy atom. The van der Waals surface area contributed by atoms with Gasteiger partial charge in [-0.2, -0.15) is 0 Å². The van der Waals surface area contributed by atoms with Gasteiger partial charge in [0.15, 0.2) is 5.76 Å². The van der Waals surface area contributed by atoms with Crippen molar-refractivity contribution in [3.8, 4) is 0 Å². The molecule has 1 aromatic heterocycles. The number of carbonyl (C=O) groups excluding carboxylic acids is 1. The van der Waals surface area contributed by atoms with E-state index in [1.165, 1.54) is 6.07 Å². The van der Waals surface area contributed by atoms with E-state index in [4.69, 9.17) is 4.42 Å². The lowest BCUT2D eigenvalue weighted by atomic mass is 9.96. The first kappa shape index (κ1) is 12.6. The maximum absolute atomic E-state index is 12.0. The quantitative estimate of drug-likeness (QED) is 0.628. The number of hydrogen-bond donors (Lipinski definition) is 1. The van der Waals surface area contributed by atoms with Gasteiger partial charge in [0.25, 0.3) is 5.91 Å². The molecule has 2 rings (SSSR count). The molecule has 18 heavy (non-hydrogen) atoms. The van der Waals surface area contributed by atoms with E-state index in [0.717, 1.165) is 6.07 Å². The molecule has 2 atom stereocenters. The van der Waals surface area contributed by atoms with E-state index in [9.17, 15) is 20.0 Å². The van der Waals surface area contributed by atoms with Crippen molar-refractivity contribution in [2.24, 2.45) is 5.92 Å². The summed E-state index contributed by atoms with van der Waals surface area (Å²) in [6.07, 6.45) is 0.107. The van der Waals surface area contributed by atoms with Crippen LogP contribution in [0.3, 0.4) is 0 Å². The van der Waals surface area contributed by atoms with Crippen LogP contribution >= 0.6 is 0 Å². The second kappa shape index (κ2) is 4.77. The fraction of sp³-hybridized carbons (Fsp3) is 0.545. The Morgan fingerprint density at radius 1 is 1.61 bits per heavy atom. The number of aliphatic hydroxyl groups is 1. The predicted octanol–water partition coefficient (Wildman–Crippen LogP) is 1.03. The smallest absolute Gasteiger partial charge is 0.395 e. The highest BCUT2D eigenvalue weighted by Gasteiger charge is 2.29. The number of amides is 1. The molecule has 0 spiro atoms. The SMILES string of the molecule is CC1CN(C(=O)c2ccc([N+](=O)[O-])o2)CCC1O. The van der Waals surface area contributed by atoms with Crippen LogP contribution < -0.4 is 0 Å². The molecule has 1 aromatic rings. The van der Waals surface area contributed by atoms with Crippen molar-refractivity contribution < 1.29 is 19.2 Å². The Hall–Kier alpha value is -1.89. The summed E-state index contributed by atoms with van der Waals surface area (Å²) in [6, 6.07) is 2.46. The van der Waals surface area contributed by atoms with Gasteiger partial charge in [0.1, 0.15) is 4.92 Å². The molecular weight excluding hydrogens is 240 g/mol. The molecule has 2 unspecified atom stereocenters. The molecule has 0 aliphatic carbocycles. The lowest BCUT2D eigenvalue weighted by Gasteiger charge is -2.33. The van der Waals surface area contributed by atoms with Crippen molar-refractivity contribution in [2.45, 2.75) is 19.4 Å². The minimum atomic E-state index is -0.681. The lowest BCUT2D eigenvalue weighted by Crippen LogP contribution is -2.44.